The molecule has 358 valence electrons. The molecule has 7 heterocycles. The van der Waals surface area contributed by atoms with Gasteiger partial charge >= 0.3 is 0 Å². The first-order chi connectivity index (χ1) is 38.1. The Labute approximate surface area is 438 Å². The van der Waals surface area contributed by atoms with Gasteiger partial charge in [0.1, 0.15) is 33.4 Å². The first-order valence-corrected chi connectivity index (χ1v) is 25.9. The molecule has 0 saturated heterocycles. The molecule has 0 unspecified atom stereocenters. The summed E-state index contributed by atoms with van der Waals surface area (Å²) in [5, 5.41) is 9.01. The van der Waals surface area contributed by atoms with E-state index in [2.05, 4.69) is 225 Å². The minimum Gasteiger partial charge on any atom is -0.456 e. The Balaban J connectivity index is 0.730. The Morgan fingerprint density at radius 3 is 1.04 bits per heavy atom. The number of pyridine rings is 2. The molecule has 17 aromatic rings. The molecule has 77 heavy (non-hydrogen) atoms. The van der Waals surface area contributed by atoms with Gasteiger partial charge in [0.25, 0.3) is 0 Å². The van der Waals surface area contributed by atoms with Gasteiger partial charge in [-0.05, 0) is 178 Å². The number of hydrogen-bond acceptors (Lipinski definition) is 5. The van der Waals surface area contributed by atoms with Crippen molar-refractivity contribution in [1.29, 1.82) is 0 Å². The zero-order valence-electron chi connectivity index (χ0n) is 41.1. The van der Waals surface area contributed by atoms with E-state index in [1.807, 2.05) is 36.7 Å². The monoisotopic (exact) mass is 984 g/mol. The molecule has 0 N–H and O–H groups in total. The SMILES string of the molecule is c1cc(-c2ccc3oc4cccnc4c3c2)cc(-n2c3ccccc3c3cc(-c4ccc5oc6ccc(-c7ccc8c(c7)c7ccccc7n8-c7cccc(-c8ccc9oc%10cccnc%10c9c8)c7)cc6c5c4)ccc32)c1. The van der Waals surface area contributed by atoms with Gasteiger partial charge in [0.2, 0.25) is 0 Å². The summed E-state index contributed by atoms with van der Waals surface area (Å²) in [4.78, 5) is 9.27. The van der Waals surface area contributed by atoms with Gasteiger partial charge in [-0.25, -0.2) is 0 Å². The van der Waals surface area contributed by atoms with Gasteiger partial charge in [-0.3, -0.25) is 9.97 Å². The Hall–Kier alpha value is -10.5. The van der Waals surface area contributed by atoms with E-state index >= 15 is 0 Å². The van der Waals surface area contributed by atoms with Crippen LogP contribution < -0.4 is 0 Å². The third-order valence-corrected chi connectivity index (χ3v) is 15.8. The highest BCUT2D eigenvalue weighted by molar-refractivity contribution is 6.14. The first-order valence-electron chi connectivity index (χ1n) is 25.9. The van der Waals surface area contributed by atoms with Crippen LogP contribution in [0.4, 0.5) is 0 Å². The highest BCUT2D eigenvalue weighted by atomic mass is 16.3. The molecular weight excluding hydrogens is 945 g/mol. The lowest BCUT2D eigenvalue weighted by molar-refractivity contribution is 0.668. The summed E-state index contributed by atoms with van der Waals surface area (Å²) in [6.07, 6.45) is 3.64. The average Bonchev–Trinajstić information content (AvgIpc) is 4.34. The number of para-hydroxylation sites is 2. The number of hydrogen-bond donors (Lipinski definition) is 0. The molecule has 17 rings (SSSR count). The second-order valence-corrected chi connectivity index (χ2v) is 20.1. The Kier molecular flexibility index (Phi) is 8.71. The van der Waals surface area contributed by atoms with Crippen LogP contribution in [-0.2, 0) is 0 Å². The highest BCUT2D eigenvalue weighted by Gasteiger charge is 2.19. The second-order valence-electron chi connectivity index (χ2n) is 20.1. The number of nitrogens with zero attached hydrogens (tertiary/aromatic N) is 4. The summed E-state index contributed by atoms with van der Waals surface area (Å²) in [5.74, 6) is 0. The van der Waals surface area contributed by atoms with Crippen molar-refractivity contribution in [2.45, 2.75) is 0 Å². The molecule has 0 aliphatic rings. The number of rotatable bonds is 6. The lowest BCUT2D eigenvalue weighted by Gasteiger charge is -2.11. The van der Waals surface area contributed by atoms with Gasteiger partial charge in [0.05, 0.1) is 22.1 Å². The molecule has 0 fully saturated rings. The Bertz CT molecular complexity index is 4990. The molecule has 7 heteroatoms. The summed E-state index contributed by atoms with van der Waals surface area (Å²) >= 11 is 0. The predicted octanol–water partition coefficient (Wildman–Crippen LogP) is 19.0. The number of furan rings is 3. The molecule has 0 radical (unpaired) electrons. The van der Waals surface area contributed by atoms with E-state index in [4.69, 9.17) is 13.3 Å². The van der Waals surface area contributed by atoms with E-state index < -0.39 is 0 Å². The summed E-state index contributed by atoms with van der Waals surface area (Å²) in [6, 6.07) is 82.5. The van der Waals surface area contributed by atoms with Crippen LogP contribution in [0.1, 0.15) is 0 Å². The maximum atomic E-state index is 6.53. The van der Waals surface area contributed by atoms with Crippen molar-refractivity contribution in [2.24, 2.45) is 0 Å². The third-order valence-electron chi connectivity index (χ3n) is 15.8. The minimum atomic E-state index is 0.796. The van der Waals surface area contributed by atoms with Crippen LogP contribution in [0.25, 0.3) is 166 Å². The maximum absolute atomic E-state index is 6.53. The van der Waals surface area contributed by atoms with Crippen LogP contribution in [0.3, 0.4) is 0 Å². The zero-order valence-corrected chi connectivity index (χ0v) is 41.1. The predicted molar refractivity (Wildman–Crippen MR) is 314 cm³/mol. The van der Waals surface area contributed by atoms with E-state index in [1.165, 1.54) is 21.5 Å². The maximum Gasteiger partial charge on any atom is 0.153 e. The van der Waals surface area contributed by atoms with Crippen LogP contribution in [-0.4, -0.2) is 19.1 Å². The summed E-state index contributed by atoms with van der Waals surface area (Å²) < 4.78 is 23.5. The largest absolute Gasteiger partial charge is 0.456 e. The van der Waals surface area contributed by atoms with E-state index in [0.29, 0.717) is 0 Å². The van der Waals surface area contributed by atoms with Gasteiger partial charge in [-0.2, -0.15) is 0 Å². The van der Waals surface area contributed by atoms with Crippen LogP contribution in [0, 0.1) is 0 Å². The van der Waals surface area contributed by atoms with Crippen molar-refractivity contribution >= 4 is 110 Å². The summed E-state index contributed by atoms with van der Waals surface area (Å²) in [5.41, 5.74) is 22.6. The smallest absolute Gasteiger partial charge is 0.153 e. The van der Waals surface area contributed by atoms with Gasteiger partial charge < -0.3 is 22.4 Å². The lowest BCUT2D eigenvalue weighted by atomic mass is 9.98. The van der Waals surface area contributed by atoms with Crippen molar-refractivity contribution in [3.05, 3.63) is 243 Å². The van der Waals surface area contributed by atoms with E-state index in [-0.39, 0.29) is 0 Å². The Morgan fingerprint density at radius 1 is 0.234 bits per heavy atom. The zero-order chi connectivity index (χ0) is 50.3. The molecule has 0 bridgehead atoms. The number of aromatic nitrogens is 4. The highest BCUT2D eigenvalue weighted by Crippen LogP contribution is 2.42. The van der Waals surface area contributed by atoms with E-state index in [1.54, 1.807) is 0 Å². The lowest BCUT2D eigenvalue weighted by Crippen LogP contribution is -1.94. The molecule has 0 amide bonds. The van der Waals surface area contributed by atoms with Crippen LogP contribution >= 0.6 is 0 Å². The Morgan fingerprint density at radius 2 is 0.584 bits per heavy atom. The molecule has 0 saturated carbocycles. The first kappa shape index (κ1) is 41.9. The molecule has 7 nitrogen and oxygen atoms in total. The van der Waals surface area contributed by atoms with Gasteiger partial charge in [-0.15, -0.1) is 0 Å². The molecule has 0 atom stereocenters. The normalized spacial score (nSPS) is 12.2. The quantitative estimate of drug-likeness (QED) is 0.166. The van der Waals surface area contributed by atoms with Gasteiger partial charge in [0.15, 0.2) is 11.2 Å². The average molecular weight is 985 g/mol. The molecule has 10 aromatic carbocycles. The van der Waals surface area contributed by atoms with Crippen molar-refractivity contribution in [2.75, 3.05) is 0 Å². The third kappa shape index (κ3) is 6.38. The van der Waals surface area contributed by atoms with E-state index in [0.717, 1.165) is 144 Å². The van der Waals surface area contributed by atoms with Gasteiger partial charge in [-0.1, -0.05) is 97.1 Å². The summed E-state index contributed by atoms with van der Waals surface area (Å²) in [7, 11) is 0. The molecule has 0 aliphatic heterocycles. The fraction of sp³-hybridized carbons (Fsp3) is 0. The minimum absolute atomic E-state index is 0.796. The fourth-order valence-corrected chi connectivity index (χ4v) is 12.2. The second kappa shape index (κ2) is 16.0. The van der Waals surface area contributed by atoms with Crippen LogP contribution in [0.15, 0.2) is 256 Å². The van der Waals surface area contributed by atoms with Crippen molar-refractivity contribution in [3.8, 4) is 55.9 Å². The number of fused-ring (bicyclic) bond motifs is 15. The van der Waals surface area contributed by atoms with Crippen molar-refractivity contribution in [1.82, 2.24) is 19.1 Å². The summed E-state index contributed by atoms with van der Waals surface area (Å²) in [6.45, 7) is 0. The van der Waals surface area contributed by atoms with Crippen LogP contribution in [0.5, 0.6) is 0 Å². The molecule has 0 aliphatic carbocycles. The van der Waals surface area contributed by atoms with E-state index in [9.17, 15) is 0 Å². The van der Waals surface area contributed by atoms with Crippen molar-refractivity contribution < 1.29 is 13.3 Å². The molecule has 7 aromatic heterocycles. The standard InChI is InChI=1S/C70H40N4O3/c1-3-15-59-51(13-1)53-35-43(19-25-61(53)73(59)49-11-5-9-41(33-49)47-23-29-65-57(39-47)69-67(76-65)17-7-31-71-69)45-21-27-63-55(37-45)56-38-46(22-28-64(56)75-63)44-20-26-62-54(36-44)52-14-2-4-16-60(52)74(62)50-12-6-10-42(34-50)48-24-30-66-58(40-48)70-68(77-66)18-8-32-72-70/h1-40H. The number of benzene rings is 10. The van der Waals surface area contributed by atoms with Gasteiger partial charge in [0, 0.05) is 66.9 Å². The topological polar surface area (TPSA) is 75.1 Å². The fourth-order valence-electron chi connectivity index (χ4n) is 12.2. The van der Waals surface area contributed by atoms with Crippen LogP contribution in [0.2, 0.25) is 0 Å². The molecule has 0 spiro atoms. The van der Waals surface area contributed by atoms with Crippen molar-refractivity contribution in [3.63, 3.8) is 0 Å². The molecular formula is C70H40N4O3.